The molecule has 0 N–H and O–H groups in total. The van der Waals surface area contributed by atoms with Crippen LogP contribution in [0.25, 0.3) is 0 Å². The lowest BCUT2D eigenvalue weighted by molar-refractivity contribution is -0.152. The summed E-state index contributed by atoms with van der Waals surface area (Å²) in [4.78, 5) is 26.0. The van der Waals surface area contributed by atoms with Crippen LogP contribution < -0.4 is 0 Å². The predicted octanol–water partition coefficient (Wildman–Crippen LogP) is 2.61. The first-order valence-electron chi connectivity index (χ1n) is 8.28. The van der Waals surface area contributed by atoms with E-state index in [2.05, 4.69) is 5.10 Å². The Morgan fingerprint density at radius 2 is 2.00 bits per heavy atom. The molecule has 1 saturated heterocycles. The van der Waals surface area contributed by atoms with Crippen molar-refractivity contribution in [2.45, 2.75) is 65.7 Å². The fourth-order valence-electron chi connectivity index (χ4n) is 2.72. The zero-order chi connectivity index (χ0) is 18.1. The number of hydrogen-bond donors (Lipinski definition) is 0. The van der Waals surface area contributed by atoms with Crippen molar-refractivity contribution in [3.8, 4) is 0 Å². The molecule has 1 fully saturated rings. The molecule has 7 heteroatoms. The molecule has 0 aromatic carbocycles. The Labute approximate surface area is 142 Å². The van der Waals surface area contributed by atoms with Gasteiger partial charge in [0.1, 0.15) is 17.7 Å². The van der Waals surface area contributed by atoms with E-state index >= 15 is 0 Å². The maximum Gasteiger partial charge on any atom is 0.410 e. The number of carbonyl (C=O) groups excluding carboxylic acids is 2. The van der Waals surface area contributed by atoms with E-state index in [-0.39, 0.29) is 18.2 Å². The van der Waals surface area contributed by atoms with E-state index in [9.17, 15) is 9.59 Å². The van der Waals surface area contributed by atoms with Gasteiger partial charge in [0.05, 0.1) is 12.2 Å². The topological polar surface area (TPSA) is 73.7 Å². The number of amides is 1. The van der Waals surface area contributed by atoms with Crippen molar-refractivity contribution in [1.29, 1.82) is 0 Å². The molecule has 0 saturated carbocycles. The van der Waals surface area contributed by atoms with E-state index in [0.717, 1.165) is 11.4 Å². The molecular formula is C17H27N3O4. The summed E-state index contributed by atoms with van der Waals surface area (Å²) in [6.07, 6.45) is -0.0495. The highest BCUT2D eigenvalue weighted by Gasteiger charge is 2.33. The smallest absolute Gasteiger partial charge is 0.410 e. The van der Waals surface area contributed by atoms with Gasteiger partial charge in [-0.15, -0.1) is 0 Å². The number of aromatic nitrogens is 2. The van der Waals surface area contributed by atoms with Crippen molar-refractivity contribution in [3.05, 3.63) is 17.5 Å². The minimum atomic E-state index is -0.532. The molecular weight excluding hydrogens is 310 g/mol. The van der Waals surface area contributed by atoms with Gasteiger partial charge in [0.25, 0.3) is 0 Å². The van der Waals surface area contributed by atoms with E-state index in [0.29, 0.717) is 19.5 Å². The first kappa shape index (κ1) is 18.3. The van der Waals surface area contributed by atoms with E-state index in [1.54, 1.807) is 16.5 Å². The first-order chi connectivity index (χ1) is 11.1. The van der Waals surface area contributed by atoms with E-state index in [1.165, 1.54) is 0 Å². The predicted molar refractivity (Wildman–Crippen MR) is 88.7 cm³/mol. The van der Waals surface area contributed by atoms with Crippen LogP contribution in [-0.4, -0.2) is 51.5 Å². The average molecular weight is 337 g/mol. The second-order valence-corrected chi connectivity index (χ2v) is 7.32. The normalized spacial score (nSPS) is 19.2. The molecule has 1 aliphatic rings. The number of carbonyl (C=O) groups is 2. The highest BCUT2D eigenvalue weighted by Crippen LogP contribution is 2.20. The number of hydrogen-bond acceptors (Lipinski definition) is 5. The molecule has 0 bridgehead atoms. The minimum absolute atomic E-state index is 0.301. The maximum atomic E-state index is 12.3. The molecule has 2 heterocycles. The third-order valence-electron chi connectivity index (χ3n) is 3.83. The van der Waals surface area contributed by atoms with Gasteiger partial charge in [-0.1, -0.05) is 0 Å². The van der Waals surface area contributed by atoms with E-state index in [1.807, 2.05) is 40.7 Å². The average Bonchev–Trinajstić information content (AvgIpc) is 3.02. The summed E-state index contributed by atoms with van der Waals surface area (Å²) >= 11 is 0. The number of rotatable bonds is 3. The third-order valence-corrected chi connectivity index (χ3v) is 3.83. The summed E-state index contributed by atoms with van der Waals surface area (Å²) < 4.78 is 12.6. The fourth-order valence-corrected chi connectivity index (χ4v) is 2.72. The molecule has 2 atom stereocenters. The number of aryl methyl sites for hydroxylation is 2. The summed E-state index contributed by atoms with van der Waals surface area (Å²) in [6.45, 7) is 11.9. The molecule has 7 nitrogen and oxygen atoms in total. The largest absolute Gasteiger partial charge is 0.459 e. The van der Waals surface area contributed by atoms with Gasteiger partial charge < -0.3 is 14.4 Å². The molecule has 0 spiro atoms. The molecule has 2 rings (SSSR count). The Hall–Kier alpha value is -2.05. The molecule has 1 aromatic heterocycles. The van der Waals surface area contributed by atoms with Crippen LogP contribution in [-0.2, 0) is 14.3 Å². The van der Waals surface area contributed by atoms with Crippen LogP contribution >= 0.6 is 0 Å². The van der Waals surface area contributed by atoms with E-state index in [4.69, 9.17) is 9.47 Å². The van der Waals surface area contributed by atoms with Crippen molar-refractivity contribution >= 4 is 12.1 Å². The summed E-state index contributed by atoms with van der Waals surface area (Å²) in [7, 11) is 0. The maximum absolute atomic E-state index is 12.3. The van der Waals surface area contributed by atoms with Gasteiger partial charge in [0, 0.05) is 18.7 Å². The Bertz CT molecular complexity index is 618. The Kier molecular flexibility index (Phi) is 5.20. The van der Waals surface area contributed by atoms with Crippen LogP contribution in [0.5, 0.6) is 0 Å². The van der Waals surface area contributed by atoms with Crippen LogP contribution in [0.2, 0.25) is 0 Å². The second kappa shape index (κ2) is 6.83. The molecule has 0 radical (unpaired) electrons. The Morgan fingerprint density at radius 1 is 1.33 bits per heavy atom. The lowest BCUT2D eigenvalue weighted by atomic mass is 10.2. The molecule has 1 aliphatic heterocycles. The zero-order valence-corrected chi connectivity index (χ0v) is 15.3. The molecule has 134 valence electrons. The van der Waals surface area contributed by atoms with E-state index < -0.39 is 11.6 Å². The number of ether oxygens (including phenoxy) is 2. The van der Waals surface area contributed by atoms with Gasteiger partial charge in [0.2, 0.25) is 0 Å². The Morgan fingerprint density at radius 3 is 2.54 bits per heavy atom. The zero-order valence-electron chi connectivity index (χ0n) is 15.3. The monoisotopic (exact) mass is 337 g/mol. The van der Waals surface area contributed by atoms with Crippen LogP contribution in [0.1, 0.15) is 51.5 Å². The highest BCUT2D eigenvalue weighted by molar-refractivity contribution is 5.74. The molecule has 24 heavy (non-hydrogen) atoms. The lowest BCUT2D eigenvalue weighted by Crippen LogP contribution is -2.36. The number of likely N-dealkylation sites (tertiary alicyclic amines) is 1. The van der Waals surface area contributed by atoms with Crippen LogP contribution in [0.3, 0.4) is 0 Å². The standard InChI is InChI=1S/C17H27N3O4/c1-11-9-12(2)20(18-11)13(3)15(21)23-14-7-8-19(10-14)16(22)24-17(4,5)6/h9,13-14H,7-8,10H2,1-6H3/t13?,14-/m0/s1. The van der Waals surface area contributed by atoms with Crippen molar-refractivity contribution in [2.24, 2.45) is 0 Å². The highest BCUT2D eigenvalue weighted by atomic mass is 16.6. The second-order valence-electron chi connectivity index (χ2n) is 7.32. The quantitative estimate of drug-likeness (QED) is 0.793. The Balaban J connectivity index is 1.89. The molecule has 1 unspecified atom stereocenters. The van der Waals surface area contributed by atoms with Crippen molar-refractivity contribution in [1.82, 2.24) is 14.7 Å². The van der Waals surface area contributed by atoms with Crippen LogP contribution in [0, 0.1) is 13.8 Å². The number of nitrogens with zero attached hydrogens (tertiary/aromatic N) is 3. The summed E-state index contributed by atoms with van der Waals surface area (Å²) in [5.41, 5.74) is 1.25. The van der Waals surface area contributed by atoms with Gasteiger partial charge >= 0.3 is 12.1 Å². The molecule has 1 amide bonds. The minimum Gasteiger partial charge on any atom is -0.459 e. The van der Waals surface area contributed by atoms with Gasteiger partial charge in [-0.3, -0.25) is 4.68 Å². The summed E-state index contributed by atoms with van der Waals surface area (Å²) in [5.74, 6) is -0.336. The SMILES string of the molecule is Cc1cc(C)n(C(C)C(=O)O[C@H]2CCN(C(=O)OC(C)(C)C)C2)n1. The molecule has 1 aromatic rings. The van der Waals surface area contributed by atoms with Gasteiger partial charge in [-0.05, 0) is 47.6 Å². The lowest BCUT2D eigenvalue weighted by Gasteiger charge is -2.24. The number of esters is 1. The summed E-state index contributed by atoms with van der Waals surface area (Å²) in [6, 6.07) is 1.43. The van der Waals surface area contributed by atoms with Crippen LogP contribution in [0.4, 0.5) is 4.79 Å². The first-order valence-corrected chi connectivity index (χ1v) is 8.28. The van der Waals surface area contributed by atoms with Crippen LogP contribution in [0.15, 0.2) is 6.07 Å². The van der Waals surface area contributed by atoms with Crippen molar-refractivity contribution in [2.75, 3.05) is 13.1 Å². The van der Waals surface area contributed by atoms with Crippen molar-refractivity contribution < 1.29 is 19.1 Å². The third kappa shape index (κ3) is 4.49. The van der Waals surface area contributed by atoms with Crippen molar-refractivity contribution in [3.63, 3.8) is 0 Å². The summed E-state index contributed by atoms with van der Waals surface area (Å²) in [5, 5.41) is 4.32. The fraction of sp³-hybridized carbons (Fsp3) is 0.706. The van der Waals surface area contributed by atoms with Gasteiger partial charge in [-0.2, -0.15) is 5.10 Å². The van der Waals surface area contributed by atoms with Gasteiger partial charge in [0.15, 0.2) is 0 Å². The van der Waals surface area contributed by atoms with Gasteiger partial charge in [-0.25, -0.2) is 9.59 Å². The molecule has 0 aliphatic carbocycles.